The number of hydrogen-bond donors (Lipinski definition) is 1. The quantitative estimate of drug-likeness (QED) is 0.783. The zero-order valence-electron chi connectivity index (χ0n) is 11.1. The number of allylic oxidation sites excluding steroid dienone is 3. The van der Waals surface area contributed by atoms with E-state index in [4.69, 9.17) is 4.74 Å². The van der Waals surface area contributed by atoms with Gasteiger partial charge in [-0.15, -0.1) is 0 Å². The van der Waals surface area contributed by atoms with Crippen LogP contribution in [0.1, 0.15) is 19.4 Å². The molecule has 2 heteroatoms. The molecule has 17 heavy (non-hydrogen) atoms. The van der Waals surface area contributed by atoms with Crippen LogP contribution in [0.4, 0.5) is 0 Å². The fraction of sp³-hybridized carbons (Fsp3) is 0.333. The van der Waals surface area contributed by atoms with E-state index in [1.807, 2.05) is 31.3 Å². The van der Waals surface area contributed by atoms with E-state index in [-0.39, 0.29) is 0 Å². The minimum atomic E-state index is 0.468. The first kappa shape index (κ1) is 13.4. The monoisotopic (exact) mass is 231 g/mol. The molecule has 1 aromatic carbocycles. The number of hydrogen-bond acceptors (Lipinski definition) is 2. The lowest BCUT2D eigenvalue weighted by molar-refractivity contribution is 0.415. The van der Waals surface area contributed by atoms with Crippen LogP contribution in [0.15, 0.2) is 42.6 Å². The van der Waals surface area contributed by atoms with Crippen LogP contribution >= 0.6 is 0 Å². The molecule has 0 spiro atoms. The van der Waals surface area contributed by atoms with E-state index in [1.54, 1.807) is 7.11 Å². The molecule has 0 radical (unpaired) electrons. The van der Waals surface area contributed by atoms with Gasteiger partial charge in [0.15, 0.2) is 0 Å². The molecule has 0 bridgehead atoms. The number of rotatable bonds is 5. The maximum atomic E-state index is 5.13. The molecule has 0 saturated heterocycles. The number of ether oxygens (including phenoxy) is 1. The van der Waals surface area contributed by atoms with Crippen molar-refractivity contribution in [2.24, 2.45) is 5.92 Å². The molecule has 92 valence electrons. The molecular formula is C15H21NO. The van der Waals surface area contributed by atoms with E-state index in [0.717, 1.165) is 16.9 Å². The zero-order chi connectivity index (χ0) is 12.8. The Balaban J connectivity index is 2.88. The predicted octanol–water partition coefficient (Wildman–Crippen LogP) is 3.47. The van der Waals surface area contributed by atoms with Crippen LogP contribution in [-0.4, -0.2) is 14.2 Å². The second-order valence-electron chi connectivity index (χ2n) is 4.26. The predicted molar refractivity (Wildman–Crippen MR) is 74.0 cm³/mol. The number of nitrogens with one attached hydrogen (secondary N) is 1. The van der Waals surface area contributed by atoms with Gasteiger partial charge in [0.05, 0.1) is 7.11 Å². The third-order valence-corrected chi connectivity index (χ3v) is 2.70. The van der Waals surface area contributed by atoms with Crippen LogP contribution in [0.2, 0.25) is 0 Å². The molecule has 0 amide bonds. The van der Waals surface area contributed by atoms with Gasteiger partial charge in [0.25, 0.3) is 0 Å². The van der Waals surface area contributed by atoms with Crippen molar-refractivity contribution in [2.45, 2.75) is 13.8 Å². The molecule has 0 heterocycles. The van der Waals surface area contributed by atoms with Gasteiger partial charge in [0.2, 0.25) is 0 Å². The van der Waals surface area contributed by atoms with Crippen molar-refractivity contribution in [1.29, 1.82) is 0 Å². The molecule has 0 aliphatic rings. The van der Waals surface area contributed by atoms with E-state index in [1.165, 1.54) is 5.70 Å². The fourth-order valence-electron chi connectivity index (χ4n) is 1.60. The van der Waals surface area contributed by atoms with Crippen molar-refractivity contribution in [3.8, 4) is 5.75 Å². The molecule has 0 fully saturated rings. The molecule has 0 aliphatic carbocycles. The first-order valence-corrected chi connectivity index (χ1v) is 5.81. The normalized spacial score (nSPS) is 11.5. The van der Waals surface area contributed by atoms with E-state index >= 15 is 0 Å². The summed E-state index contributed by atoms with van der Waals surface area (Å²) in [5.74, 6) is 1.33. The summed E-state index contributed by atoms with van der Waals surface area (Å²) in [5.41, 5.74) is 3.30. The van der Waals surface area contributed by atoms with Gasteiger partial charge in [-0.3, -0.25) is 0 Å². The van der Waals surface area contributed by atoms with Gasteiger partial charge < -0.3 is 10.1 Å². The summed E-state index contributed by atoms with van der Waals surface area (Å²) >= 11 is 0. The van der Waals surface area contributed by atoms with Gasteiger partial charge in [-0.25, -0.2) is 0 Å². The lowest BCUT2D eigenvalue weighted by atomic mass is 10.0. The second kappa shape index (κ2) is 6.14. The van der Waals surface area contributed by atoms with Crippen molar-refractivity contribution in [3.05, 3.63) is 48.2 Å². The Bertz CT molecular complexity index is 401. The highest BCUT2D eigenvalue weighted by Crippen LogP contribution is 2.20. The number of benzene rings is 1. The Morgan fingerprint density at radius 2 is 1.88 bits per heavy atom. The fourth-order valence-corrected chi connectivity index (χ4v) is 1.60. The maximum absolute atomic E-state index is 5.13. The Morgan fingerprint density at radius 1 is 1.29 bits per heavy atom. The summed E-state index contributed by atoms with van der Waals surface area (Å²) in [6.07, 6.45) is 2.09. The summed E-state index contributed by atoms with van der Waals surface area (Å²) in [4.78, 5) is 0. The topological polar surface area (TPSA) is 21.3 Å². The Morgan fingerprint density at radius 3 is 2.29 bits per heavy atom. The Labute approximate surface area is 104 Å². The van der Waals surface area contributed by atoms with Crippen LogP contribution in [0, 0.1) is 5.92 Å². The number of methoxy groups -OCH3 is 1. The highest BCUT2D eigenvalue weighted by Gasteiger charge is 2.02. The van der Waals surface area contributed by atoms with Crippen LogP contribution in [-0.2, 0) is 0 Å². The van der Waals surface area contributed by atoms with Crippen LogP contribution in [0.3, 0.4) is 0 Å². The Hall–Kier alpha value is -1.70. The van der Waals surface area contributed by atoms with Crippen molar-refractivity contribution in [1.82, 2.24) is 5.32 Å². The van der Waals surface area contributed by atoms with Gasteiger partial charge in [-0.05, 0) is 35.3 Å². The summed E-state index contributed by atoms with van der Waals surface area (Å²) in [7, 11) is 3.61. The maximum Gasteiger partial charge on any atom is 0.118 e. The van der Waals surface area contributed by atoms with E-state index in [2.05, 4.69) is 31.8 Å². The van der Waals surface area contributed by atoms with E-state index in [9.17, 15) is 0 Å². The first-order valence-electron chi connectivity index (χ1n) is 5.81. The first-order chi connectivity index (χ1) is 8.08. The van der Waals surface area contributed by atoms with E-state index < -0.39 is 0 Å². The summed E-state index contributed by atoms with van der Waals surface area (Å²) in [6, 6.07) is 7.93. The van der Waals surface area contributed by atoms with E-state index in [0.29, 0.717) is 5.92 Å². The lowest BCUT2D eigenvalue weighted by Crippen LogP contribution is -2.11. The molecule has 0 aliphatic heterocycles. The van der Waals surface area contributed by atoms with Crippen molar-refractivity contribution >= 4 is 5.57 Å². The summed E-state index contributed by atoms with van der Waals surface area (Å²) < 4.78 is 5.13. The van der Waals surface area contributed by atoms with Crippen molar-refractivity contribution < 1.29 is 4.74 Å². The largest absolute Gasteiger partial charge is 0.497 e. The third kappa shape index (κ3) is 3.66. The molecular weight excluding hydrogens is 210 g/mol. The van der Waals surface area contributed by atoms with Crippen molar-refractivity contribution in [3.63, 3.8) is 0 Å². The SMILES string of the molecule is C=C(/C=C(\NC)C(C)C)c1ccc(OC)cc1. The third-order valence-electron chi connectivity index (χ3n) is 2.70. The second-order valence-corrected chi connectivity index (χ2v) is 4.26. The zero-order valence-corrected chi connectivity index (χ0v) is 11.1. The van der Waals surface area contributed by atoms with Gasteiger partial charge in [-0.1, -0.05) is 32.6 Å². The molecule has 2 nitrogen and oxygen atoms in total. The molecule has 0 atom stereocenters. The minimum absolute atomic E-state index is 0.468. The van der Waals surface area contributed by atoms with Gasteiger partial charge in [0, 0.05) is 12.7 Å². The highest BCUT2D eigenvalue weighted by atomic mass is 16.5. The summed E-state index contributed by atoms with van der Waals surface area (Å²) in [5, 5.41) is 3.20. The Kier molecular flexibility index (Phi) is 4.83. The van der Waals surface area contributed by atoms with Gasteiger partial charge in [0.1, 0.15) is 5.75 Å². The average Bonchev–Trinajstić information content (AvgIpc) is 2.35. The lowest BCUT2D eigenvalue weighted by Gasteiger charge is -2.12. The molecule has 1 aromatic rings. The van der Waals surface area contributed by atoms with Crippen LogP contribution in [0.25, 0.3) is 5.57 Å². The molecule has 0 unspecified atom stereocenters. The summed E-state index contributed by atoms with van der Waals surface area (Å²) in [6.45, 7) is 8.41. The molecule has 1 rings (SSSR count). The van der Waals surface area contributed by atoms with Crippen LogP contribution < -0.4 is 10.1 Å². The van der Waals surface area contributed by atoms with Crippen LogP contribution in [0.5, 0.6) is 5.75 Å². The van der Waals surface area contributed by atoms with Gasteiger partial charge >= 0.3 is 0 Å². The molecule has 0 aromatic heterocycles. The smallest absolute Gasteiger partial charge is 0.118 e. The average molecular weight is 231 g/mol. The molecule has 1 N–H and O–H groups in total. The minimum Gasteiger partial charge on any atom is -0.497 e. The standard InChI is InChI=1S/C15H21NO/c1-11(2)15(16-4)10-12(3)13-6-8-14(17-5)9-7-13/h6-11,16H,3H2,1-2,4-5H3/b15-10-. The molecule has 0 saturated carbocycles. The van der Waals surface area contributed by atoms with Gasteiger partial charge in [-0.2, -0.15) is 0 Å². The highest BCUT2D eigenvalue weighted by molar-refractivity contribution is 5.72. The van der Waals surface area contributed by atoms with Crippen molar-refractivity contribution in [2.75, 3.05) is 14.2 Å².